The number of sulfone groups is 2. The van der Waals surface area contributed by atoms with E-state index in [0.29, 0.717) is 67.1 Å². The number of benzene rings is 8. The minimum Gasteiger partial charge on any atom is -1.00 e. The zero-order valence-electron chi connectivity index (χ0n) is 58.2. The van der Waals surface area contributed by atoms with Crippen LogP contribution in [0.2, 0.25) is 0 Å². The molecule has 0 aromatic heterocycles. The van der Waals surface area contributed by atoms with Gasteiger partial charge < -0.3 is 64.0 Å². The zero-order valence-corrected chi connectivity index (χ0v) is 66.7. The largest absolute Gasteiger partial charge is 1.00 e. The number of hydrogen-bond donors (Lipinski definition) is 1. The van der Waals surface area contributed by atoms with Crippen molar-refractivity contribution in [2.75, 3.05) is 81.3 Å². The summed E-state index contributed by atoms with van der Waals surface area (Å²) in [7, 11) is -1.21. The fraction of sp³-hybridized carbons (Fsp3) is 0.301. The number of ether oxygens (including phenoxy) is 10. The second-order valence-electron chi connectivity index (χ2n) is 21.3. The molecule has 0 fully saturated rings. The summed E-state index contributed by atoms with van der Waals surface area (Å²) in [6.45, 7) is 18.0. The van der Waals surface area contributed by atoms with E-state index in [0.717, 1.165) is 50.3 Å². The van der Waals surface area contributed by atoms with Crippen molar-refractivity contribution in [1.29, 1.82) is 0 Å². The molecule has 0 unspecified atom stereocenters. The van der Waals surface area contributed by atoms with Crippen molar-refractivity contribution in [2.24, 2.45) is 0 Å². The molecule has 0 spiro atoms. The molecule has 0 radical (unpaired) electrons. The van der Waals surface area contributed by atoms with Gasteiger partial charge in [-0.3, -0.25) is 4.79 Å². The van der Waals surface area contributed by atoms with Crippen LogP contribution in [-0.4, -0.2) is 122 Å². The van der Waals surface area contributed by atoms with E-state index in [2.05, 4.69) is 108 Å². The Morgan fingerprint density at radius 3 is 1.15 bits per heavy atom. The van der Waals surface area contributed by atoms with Crippen LogP contribution < -0.4 is 132 Å². The van der Waals surface area contributed by atoms with E-state index in [9.17, 15) is 26.4 Å². The van der Waals surface area contributed by atoms with Gasteiger partial charge in [-0.25, -0.2) is 26.4 Å². The SMILES string of the molecule is C.COCCOCC(=O)O.COCCOCCOCC(=O)Oc1cc(-c2cc(C)c(C)c(C)c2)cc(C)c1Oc1ccc(S(=O)(=O)c2ccc(OC)cc2)cc1.COc1ccc(S(=O)(=O)c2ccc(Oc3c(C)cc(-c4cc(C)c(C)c(C)c4)cc3CBr)cc2)cc1.O=CO[O-].[H-].[K+].[K+]. The fourth-order valence-electron chi connectivity index (χ4n) is 9.14. The maximum Gasteiger partial charge on any atom is 1.00 e. The molecule has 8 aromatic rings. The standard InChI is InChI=1S/C36H40O9S.C30H29BrO4S.C5H10O4.CH2O3.CH4.2K.H/c1-24-19-28(20-25(2)27(24)4)29-21-26(3)36(34(22-29)45-35(37)23-43-18-17-42-16-15-40-5)44-31-9-13-33(14-10-31)46(38,39)32-11-7-30(41-6)8-12-32;1-19-14-23(15-20(2)22(19)4)24-16-21(3)30(25(17-24)18-31)35-27-8-12-29(13-9-27)36(32,33)28-10-6-26(34-5)7-11-28;1-8-2-3-9-4-5(6)7;2-1-4-3;;;;/h7-14,19-22H,15-18,23H2,1-6H3;6-17H,18H2,1-5H3;2-4H2,1H3,(H,6,7);1,3H;1H4;;;/q;;;;;2*+1;-1/p-1. The first kappa shape index (κ1) is 88.9. The average Bonchev–Trinajstić information content (AvgIpc) is 0.805. The number of halogens is 1. The Morgan fingerprint density at radius 2 is 0.786 bits per heavy atom. The summed E-state index contributed by atoms with van der Waals surface area (Å²) < 4.78 is 106. The summed E-state index contributed by atoms with van der Waals surface area (Å²) in [6, 6.07) is 41.8. The molecule has 98 heavy (non-hydrogen) atoms. The number of carboxylic acids is 1. The first-order valence-electron chi connectivity index (χ1n) is 29.6. The van der Waals surface area contributed by atoms with Crippen molar-refractivity contribution in [3.05, 3.63) is 196 Å². The Morgan fingerprint density at radius 1 is 0.469 bits per heavy atom. The second-order valence-corrected chi connectivity index (χ2v) is 25.7. The van der Waals surface area contributed by atoms with E-state index in [1.165, 1.54) is 66.3 Å². The van der Waals surface area contributed by atoms with E-state index in [-0.39, 0.29) is 163 Å². The van der Waals surface area contributed by atoms with Crippen LogP contribution in [0.15, 0.2) is 165 Å². The quantitative estimate of drug-likeness (QED) is 0.00715. The Kier molecular flexibility index (Phi) is 40.7. The monoisotopic (exact) mass is 1500 g/mol. The van der Waals surface area contributed by atoms with Crippen LogP contribution in [-0.2, 0) is 68.0 Å². The van der Waals surface area contributed by atoms with Crippen LogP contribution in [0.4, 0.5) is 0 Å². The maximum atomic E-state index is 13.2. The molecule has 25 heteroatoms. The number of rotatable bonds is 28. The molecule has 0 saturated heterocycles. The first-order chi connectivity index (χ1) is 45.3. The molecule has 0 atom stereocenters. The van der Waals surface area contributed by atoms with Gasteiger partial charge in [0.2, 0.25) is 19.7 Å². The third-order valence-electron chi connectivity index (χ3n) is 14.6. The topological polar surface area (TPSA) is 264 Å². The second kappa shape index (κ2) is 44.9. The van der Waals surface area contributed by atoms with Gasteiger partial charge in [0.05, 0.1) is 73.4 Å². The van der Waals surface area contributed by atoms with Gasteiger partial charge in [0.15, 0.2) is 11.5 Å². The van der Waals surface area contributed by atoms with Gasteiger partial charge in [0.1, 0.15) is 42.0 Å². The average molecular weight is 1500 g/mol. The van der Waals surface area contributed by atoms with Crippen LogP contribution in [0, 0.1) is 55.4 Å². The maximum absolute atomic E-state index is 13.2. The molecular formula is C73H85BrK2O20S2. The van der Waals surface area contributed by atoms with Crippen molar-refractivity contribution in [3.63, 3.8) is 0 Å². The van der Waals surface area contributed by atoms with Crippen LogP contribution in [0.5, 0.6) is 40.2 Å². The van der Waals surface area contributed by atoms with Crippen LogP contribution in [0.3, 0.4) is 0 Å². The van der Waals surface area contributed by atoms with E-state index < -0.39 is 31.6 Å². The molecule has 8 rings (SSSR count). The van der Waals surface area contributed by atoms with Crippen molar-refractivity contribution < 1.29 is 198 Å². The Bertz CT molecular complexity index is 4020. The molecular weight excluding hydrogens is 1420 g/mol. The molecule has 20 nitrogen and oxygen atoms in total. The summed E-state index contributed by atoms with van der Waals surface area (Å²) in [5.41, 5.74) is 14.3. The first-order valence-corrected chi connectivity index (χ1v) is 33.6. The third-order valence-corrected chi connectivity index (χ3v) is 18.8. The molecule has 1 N–H and O–H groups in total. The molecule has 8 aromatic carbocycles. The number of esters is 1. The van der Waals surface area contributed by atoms with Crippen LogP contribution in [0.25, 0.3) is 22.3 Å². The molecule has 0 aliphatic heterocycles. The number of methoxy groups -OCH3 is 4. The third kappa shape index (κ3) is 27.0. The number of aryl methyl sites for hydroxylation is 6. The number of hydrogen-bond acceptors (Lipinski definition) is 19. The molecule has 518 valence electrons. The number of alkyl halides is 1. The molecule has 0 amide bonds. The van der Waals surface area contributed by atoms with Crippen molar-refractivity contribution in [1.82, 2.24) is 0 Å². The predicted molar refractivity (Wildman–Crippen MR) is 369 cm³/mol. The van der Waals surface area contributed by atoms with Gasteiger partial charge in [0, 0.05) is 25.1 Å². The minimum absolute atomic E-state index is 0. The predicted octanol–water partition coefficient (Wildman–Crippen LogP) is 7.85. The molecule has 0 aliphatic carbocycles. The minimum atomic E-state index is -3.76. The molecule has 0 aliphatic rings. The normalized spacial score (nSPS) is 10.6. The van der Waals surface area contributed by atoms with E-state index in [1.807, 2.05) is 19.9 Å². The van der Waals surface area contributed by atoms with Gasteiger partial charge in [-0.15, -0.1) is 0 Å². The van der Waals surface area contributed by atoms with Crippen molar-refractivity contribution in [3.8, 4) is 62.5 Å². The number of aliphatic carboxylic acids is 1. The Balaban J connectivity index is 0.000000824. The van der Waals surface area contributed by atoms with Crippen molar-refractivity contribution >= 4 is 54.0 Å². The number of carboxylic acid groups (broad SMARTS) is 1. The fourth-order valence-corrected chi connectivity index (χ4v) is 12.1. The molecule has 0 bridgehead atoms. The van der Waals surface area contributed by atoms with Gasteiger partial charge >= 0.3 is 115 Å². The van der Waals surface area contributed by atoms with Gasteiger partial charge in [-0.05, 0) is 243 Å². The smallest absolute Gasteiger partial charge is 1.00 e. The summed E-state index contributed by atoms with van der Waals surface area (Å²) in [4.78, 5) is 34.6. The zero-order chi connectivity index (χ0) is 69.8. The Labute approximate surface area is 671 Å². The van der Waals surface area contributed by atoms with Gasteiger partial charge in [-0.2, -0.15) is 0 Å². The summed E-state index contributed by atoms with van der Waals surface area (Å²) in [5, 5.41) is 17.1. The van der Waals surface area contributed by atoms with Crippen LogP contribution in [0.1, 0.15) is 58.9 Å². The van der Waals surface area contributed by atoms with Crippen molar-refractivity contribution in [2.45, 2.75) is 87.7 Å². The summed E-state index contributed by atoms with van der Waals surface area (Å²) in [5.74, 6) is 1.86. The van der Waals surface area contributed by atoms with Crippen LogP contribution >= 0.6 is 15.9 Å². The van der Waals surface area contributed by atoms with E-state index in [1.54, 1.807) is 93.1 Å². The molecule has 0 heterocycles. The van der Waals surface area contributed by atoms with E-state index in [4.69, 9.17) is 53.1 Å². The Hall–Kier alpha value is -5.22. The van der Waals surface area contributed by atoms with E-state index >= 15 is 0 Å². The summed E-state index contributed by atoms with van der Waals surface area (Å²) in [6.07, 6.45) is 0. The van der Waals surface area contributed by atoms with Gasteiger partial charge in [0.25, 0.3) is 6.47 Å². The molecule has 0 saturated carbocycles. The number of carbonyl (C=O) groups excluding carboxylic acids is 2. The summed E-state index contributed by atoms with van der Waals surface area (Å²) >= 11 is 3.61. The number of carbonyl (C=O) groups is 3. The van der Waals surface area contributed by atoms with Gasteiger partial charge in [-0.1, -0.05) is 47.6 Å².